The molecule has 0 saturated heterocycles. The summed E-state index contributed by atoms with van der Waals surface area (Å²) in [5.41, 5.74) is 2.14. The molecular formula is C21H19ClN2O3S. The van der Waals surface area contributed by atoms with Crippen molar-refractivity contribution in [3.05, 3.63) is 86.6 Å². The standard InChI is InChI=1S/C21H19ClN2O3S/c1-13-7-8-15(11-17(13)22)24-21(27)20(26)23-12-16-9-10-18(28-16)19(25)14-5-3-2-4-6-14/h2-11,19,25H,12H2,1H3,(H,23,26)(H,24,27). The van der Waals surface area contributed by atoms with Crippen LogP contribution in [0.2, 0.25) is 5.02 Å². The molecule has 144 valence electrons. The number of nitrogens with one attached hydrogen (secondary N) is 2. The molecule has 3 rings (SSSR count). The van der Waals surface area contributed by atoms with Crippen LogP contribution < -0.4 is 10.6 Å². The lowest BCUT2D eigenvalue weighted by molar-refractivity contribution is -0.136. The maximum Gasteiger partial charge on any atom is 0.313 e. The molecule has 1 heterocycles. The Morgan fingerprint density at radius 2 is 1.82 bits per heavy atom. The lowest BCUT2D eigenvalue weighted by atomic mass is 10.1. The fourth-order valence-electron chi connectivity index (χ4n) is 2.54. The molecule has 0 aliphatic carbocycles. The minimum absolute atomic E-state index is 0.201. The molecule has 0 radical (unpaired) electrons. The lowest BCUT2D eigenvalue weighted by Gasteiger charge is -2.08. The smallest absolute Gasteiger partial charge is 0.313 e. The first-order chi connectivity index (χ1) is 13.4. The van der Waals surface area contributed by atoms with Gasteiger partial charge in [0.1, 0.15) is 6.10 Å². The number of carbonyl (C=O) groups excluding carboxylic acids is 2. The van der Waals surface area contributed by atoms with E-state index in [1.807, 2.05) is 49.4 Å². The SMILES string of the molecule is Cc1ccc(NC(=O)C(=O)NCc2ccc(C(O)c3ccccc3)s2)cc1Cl. The number of aliphatic hydroxyl groups excluding tert-OH is 1. The van der Waals surface area contributed by atoms with Crippen molar-refractivity contribution in [2.75, 3.05) is 5.32 Å². The van der Waals surface area contributed by atoms with E-state index in [0.717, 1.165) is 20.9 Å². The Kier molecular flexibility index (Phi) is 6.46. The molecule has 3 aromatic rings. The van der Waals surface area contributed by atoms with Crippen molar-refractivity contribution in [2.45, 2.75) is 19.6 Å². The van der Waals surface area contributed by atoms with Gasteiger partial charge in [-0.15, -0.1) is 11.3 Å². The van der Waals surface area contributed by atoms with Crippen LogP contribution in [0.3, 0.4) is 0 Å². The van der Waals surface area contributed by atoms with Crippen LogP contribution in [0.1, 0.15) is 27.0 Å². The molecule has 7 heteroatoms. The highest BCUT2D eigenvalue weighted by Gasteiger charge is 2.16. The van der Waals surface area contributed by atoms with Crippen LogP contribution in [0, 0.1) is 6.92 Å². The van der Waals surface area contributed by atoms with E-state index in [9.17, 15) is 14.7 Å². The first-order valence-electron chi connectivity index (χ1n) is 8.61. The van der Waals surface area contributed by atoms with E-state index in [2.05, 4.69) is 10.6 Å². The first-order valence-corrected chi connectivity index (χ1v) is 9.80. The van der Waals surface area contributed by atoms with Gasteiger partial charge in [-0.1, -0.05) is 48.0 Å². The average Bonchev–Trinajstić information content (AvgIpc) is 3.18. The summed E-state index contributed by atoms with van der Waals surface area (Å²) in [6.45, 7) is 2.05. The molecule has 0 fully saturated rings. The molecular weight excluding hydrogens is 396 g/mol. The van der Waals surface area contributed by atoms with Crippen LogP contribution in [0.15, 0.2) is 60.7 Å². The zero-order valence-electron chi connectivity index (χ0n) is 15.1. The lowest BCUT2D eigenvalue weighted by Crippen LogP contribution is -2.34. The van der Waals surface area contributed by atoms with E-state index in [0.29, 0.717) is 10.7 Å². The van der Waals surface area contributed by atoms with Gasteiger partial charge in [0.2, 0.25) is 0 Å². The molecule has 0 saturated carbocycles. The quantitative estimate of drug-likeness (QED) is 0.551. The molecule has 28 heavy (non-hydrogen) atoms. The number of rotatable bonds is 5. The largest absolute Gasteiger partial charge is 0.383 e. The third-order valence-corrected chi connectivity index (χ3v) is 5.67. The summed E-state index contributed by atoms with van der Waals surface area (Å²) in [4.78, 5) is 25.7. The molecule has 5 nitrogen and oxygen atoms in total. The molecule has 0 bridgehead atoms. The molecule has 1 atom stereocenters. The summed E-state index contributed by atoms with van der Waals surface area (Å²) in [7, 11) is 0. The van der Waals surface area contributed by atoms with Gasteiger partial charge < -0.3 is 15.7 Å². The van der Waals surface area contributed by atoms with Gasteiger partial charge in [0.25, 0.3) is 0 Å². The second-order valence-electron chi connectivity index (χ2n) is 6.22. The Hall–Kier alpha value is -2.67. The fraction of sp³-hybridized carbons (Fsp3) is 0.143. The number of aliphatic hydroxyl groups is 1. The summed E-state index contributed by atoms with van der Waals surface area (Å²) in [5, 5.41) is 16.0. The van der Waals surface area contributed by atoms with E-state index in [1.54, 1.807) is 18.2 Å². The summed E-state index contributed by atoms with van der Waals surface area (Å²) < 4.78 is 0. The van der Waals surface area contributed by atoms with Crippen molar-refractivity contribution in [3.8, 4) is 0 Å². The number of aryl methyl sites for hydroxylation is 1. The third kappa shape index (κ3) is 4.98. The van der Waals surface area contributed by atoms with Gasteiger partial charge in [0, 0.05) is 20.5 Å². The summed E-state index contributed by atoms with van der Waals surface area (Å²) >= 11 is 7.40. The zero-order chi connectivity index (χ0) is 20.1. The van der Waals surface area contributed by atoms with Gasteiger partial charge in [-0.25, -0.2) is 0 Å². The highest BCUT2D eigenvalue weighted by atomic mass is 35.5. The fourth-order valence-corrected chi connectivity index (χ4v) is 3.69. The Morgan fingerprint density at radius 3 is 2.54 bits per heavy atom. The van der Waals surface area contributed by atoms with Crippen molar-refractivity contribution in [2.24, 2.45) is 0 Å². The number of hydrogen-bond acceptors (Lipinski definition) is 4. The molecule has 3 N–H and O–H groups in total. The summed E-state index contributed by atoms with van der Waals surface area (Å²) in [5.74, 6) is -1.50. The topological polar surface area (TPSA) is 78.4 Å². The number of anilines is 1. The average molecular weight is 415 g/mol. The van der Waals surface area contributed by atoms with Gasteiger partial charge in [-0.05, 0) is 42.3 Å². The summed E-state index contributed by atoms with van der Waals surface area (Å²) in [6.07, 6.45) is -0.717. The highest BCUT2D eigenvalue weighted by molar-refractivity contribution is 7.12. The van der Waals surface area contributed by atoms with E-state index in [4.69, 9.17) is 11.6 Å². The van der Waals surface area contributed by atoms with Gasteiger partial charge in [0.15, 0.2) is 0 Å². The number of amides is 2. The van der Waals surface area contributed by atoms with Crippen LogP contribution in [0.25, 0.3) is 0 Å². The second kappa shape index (κ2) is 9.01. The van der Waals surface area contributed by atoms with Crippen molar-refractivity contribution < 1.29 is 14.7 Å². The molecule has 1 unspecified atom stereocenters. The Morgan fingerprint density at radius 1 is 1.07 bits per heavy atom. The zero-order valence-corrected chi connectivity index (χ0v) is 16.7. The van der Waals surface area contributed by atoms with Crippen molar-refractivity contribution in [3.63, 3.8) is 0 Å². The Labute approximate surface area is 172 Å². The van der Waals surface area contributed by atoms with Crippen LogP contribution in [-0.2, 0) is 16.1 Å². The maximum absolute atomic E-state index is 12.0. The number of thiophene rings is 1. The second-order valence-corrected chi connectivity index (χ2v) is 7.83. The van der Waals surface area contributed by atoms with Crippen molar-refractivity contribution in [1.29, 1.82) is 0 Å². The Bertz CT molecular complexity index is 988. The third-order valence-electron chi connectivity index (χ3n) is 4.13. The molecule has 1 aromatic heterocycles. The molecule has 0 aliphatic rings. The van der Waals surface area contributed by atoms with Gasteiger partial charge >= 0.3 is 11.8 Å². The molecule has 2 aromatic carbocycles. The number of halogens is 1. The van der Waals surface area contributed by atoms with Crippen molar-refractivity contribution >= 4 is 40.4 Å². The van der Waals surface area contributed by atoms with E-state index in [-0.39, 0.29) is 6.54 Å². The monoisotopic (exact) mass is 414 g/mol. The molecule has 2 amide bonds. The molecule has 0 spiro atoms. The molecule has 0 aliphatic heterocycles. The van der Waals surface area contributed by atoms with Crippen LogP contribution in [-0.4, -0.2) is 16.9 Å². The summed E-state index contributed by atoms with van der Waals surface area (Å²) in [6, 6.07) is 18.0. The minimum atomic E-state index is -0.763. The van der Waals surface area contributed by atoms with E-state index >= 15 is 0 Å². The van der Waals surface area contributed by atoms with Crippen LogP contribution in [0.4, 0.5) is 5.69 Å². The maximum atomic E-state index is 12.0. The number of benzene rings is 2. The van der Waals surface area contributed by atoms with Crippen LogP contribution >= 0.6 is 22.9 Å². The van der Waals surface area contributed by atoms with Gasteiger partial charge in [-0.2, -0.15) is 0 Å². The number of carbonyl (C=O) groups is 2. The predicted octanol–water partition coefficient (Wildman–Crippen LogP) is 4.05. The Balaban J connectivity index is 1.55. The number of hydrogen-bond donors (Lipinski definition) is 3. The predicted molar refractivity (Wildman–Crippen MR) is 111 cm³/mol. The van der Waals surface area contributed by atoms with Crippen LogP contribution in [0.5, 0.6) is 0 Å². The van der Waals surface area contributed by atoms with Crippen molar-refractivity contribution in [1.82, 2.24) is 5.32 Å². The van der Waals surface area contributed by atoms with Gasteiger partial charge in [-0.3, -0.25) is 9.59 Å². The highest BCUT2D eigenvalue weighted by Crippen LogP contribution is 2.28. The van der Waals surface area contributed by atoms with E-state index < -0.39 is 17.9 Å². The van der Waals surface area contributed by atoms with E-state index in [1.165, 1.54) is 11.3 Å². The first kappa shape index (κ1) is 20.1. The van der Waals surface area contributed by atoms with Gasteiger partial charge in [0.05, 0.1) is 6.54 Å². The normalized spacial score (nSPS) is 11.7. The minimum Gasteiger partial charge on any atom is -0.383 e.